The van der Waals surface area contributed by atoms with Crippen molar-refractivity contribution in [3.8, 4) is 0 Å². The molecule has 120 valence electrons. The van der Waals surface area contributed by atoms with E-state index in [9.17, 15) is 4.79 Å². The highest BCUT2D eigenvalue weighted by atomic mass is 35.5. The molecule has 22 heavy (non-hydrogen) atoms. The molecule has 0 bridgehead atoms. The lowest BCUT2D eigenvalue weighted by Crippen LogP contribution is -2.55. The van der Waals surface area contributed by atoms with E-state index >= 15 is 0 Å². The highest BCUT2D eigenvalue weighted by molar-refractivity contribution is 6.30. The molecule has 5 nitrogen and oxygen atoms in total. The molecule has 0 saturated carbocycles. The molecule has 2 aliphatic heterocycles. The molecule has 1 aromatic carbocycles. The lowest BCUT2D eigenvalue weighted by atomic mass is 10.0. The zero-order chi connectivity index (χ0) is 15.5. The third kappa shape index (κ3) is 3.54. The fourth-order valence-electron chi connectivity index (χ4n) is 3.09. The summed E-state index contributed by atoms with van der Waals surface area (Å²) in [5.74, 6) is 0. The van der Waals surface area contributed by atoms with E-state index in [0.29, 0.717) is 17.7 Å². The third-order valence-corrected chi connectivity index (χ3v) is 4.51. The average molecular weight is 324 g/mol. The van der Waals surface area contributed by atoms with Crippen LogP contribution in [0.5, 0.6) is 0 Å². The standard InChI is InChI=1S/C16H22ClN3O2/c1-11-10-20(8-7-18-11)16(21)19-14-6-9-22-15(14)12-2-4-13(17)5-3-12/h2-5,11,14-15,18H,6-10H2,1H3,(H,19,21)/t11-,14-,15+/m1/s1. The van der Waals surface area contributed by atoms with Crippen LogP contribution in [-0.2, 0) is 4.74 Å². The smallest absolute Gasteiger partial charge is 0.317 e. The molecular weight excluding hydrogens is 302 g/mol. The molecule has 0 radical (unpaired) electrons. The Hall–Kier alpha value is -1.30. The largest absolute Gasteiger partial charge is 0.371 e. The second kappa shape index (κ2) is 6.86. The van der Waals surface area contributed by atoms with Crippen LogP contribution in [-0.4, -0.2) is 49.3 Å². The summed E-state index contributed by atoms with van der Waals surface area (Å²) in [6.07, 6.45) is 0.738. The van der Waals surface area contributed by atoms with Gasteiger partial charge in [0.2, 0.25) is 0 Å². The highest BCUT2D eigenvalue weighted by Gasteiger charge is 2.32. The maximum absolute atomic E-state index is 12.4. The SMILES string of the molecule is C[C@@H]1CN(C(=O)N[C@@H]2CCO[C@H]2c2ccc(Cl)cc2)CCN1. The van der Waals surface area contributed by atoms with Crippen LogP contribution < -0.4 is 10.6 Å². The van der Waals surface area contributed by atoms with Crippen molar-refractivity contribution in [3.63, 3.8) is 0 Å². The number of benzene rings is 1. The molecule has 6 heteroatoms. The quantitative estimate of drug-likeness (QED) is 0.877. The van der Waals surface area contributed by atoms with Gasteiger partial charge in [0.05, 0.1) is 6.04 Å². The Bertz CT molecular complexity index is 523. The molecule has 2 fully saturated rings. The molecule has 3 atom stereocenters. The van der Waals surface area contributed by atoms with Gasteiger partial charge in [-0.1, -0.05) is 23.7 Å². The Balaban J connectivity index is 1.63. The number of hydrogen-bond acceptors (Lipinski definition) is 3. The van der Waals surface area contributed by atoms with Gasteiger partial charge in [-0.3, -0.25) is 0 Å². The maximum Gasteiger partial charge on any atom is 0.317 e. The van der Waals surface area contributed by atoms with Crippen molar-refractivity contribution in [1.29, 1.82) is 0 Å². The molecular formula is C16H22ClN3O2. The molecule has 0 unspecified atom stereocenters. The first-order valence-electron chi connectivity index (χ1n) is 7.79. The van der Waals surface area contributed by atoms with Crippen molar-refractivity contribution in [3.05, 3.63) is 34.9 Å². The van der Waals surface area contributed by atoms with E-state index in [2.05, 4.69) is 17.6 Å². The summed E-state index contributed by atoms with van der Waals surface area (Å²) in [5.41, 5.74) is 1.06. The fourth-order valence-corrected chi connectivity index (χ4v) is 3.21. The Kier molecular flexibility index (Phi) is 4.86. The molecule has 0 aliphatic carbocycles. The number of amides is 2. The van der Waals surface area contributed by atoms with Gasteiger partial charge in [0.15, 0.2) is 0 Å². The summed E-state index contributed by atoms with van der Waals surface area (Å²) >= 11 is 5.93. The van der Waals surface area contributed by atoms with Gasteiger partial charge in [0.25, 0.3) is 0 Å². The van der Waals surface area contributed by atoms with Crippen LogP contribution in [0.1, 0.15) is 25.0 Å². The van der Waals surface area contributed by atoms with Crippen LogP contribution in [0, 0.1) is 0 Å². The first-order valence-corrected chi connectivity index (χ1v) is 8.17. The number of rotatable bonds is 2. The van der Waals surface area contributed by atoms with Gasteiger partial charge in [-0.25, -0.2) is 4.79 Å². The van der Waals surface area contributed by atoms with Crippen LogP contribution in [0.25, 0.3) is 0 Å². The predicted octanol–water partition coefficient (Wildman–Crippen LogP) is 2.17. The Morgan fingerprint density at radius 2 is 2.18 bits per heavy atom. The molecule has 0 aromatic heterocycles. The van der Waals surface area contributed by atoms with Crippen LogP contribution in [0.15, 0.2) is 24.3 Å². The number of piperazine rings is 1. The Morgan fingerprint density at radius 1 is 1.41 bits per heavy atom. The maximum atomic E-state index is 12.4. The van der Waals surface area contributed by atoms with Gasteiger partial charge >= 0.3 is 6.03 Å². The number of urea groups is 1. The number of ether oxygens (including phenoxy) is 1. The monoisotopic (exact) mass is 323 g/mol. The minimum Gasteiger partial charge on any atom is -0.371 e. The molecule has 2 saturated heterocycles. The summed E-state index contributed by atoms with van der Waals surface area (Å²) in [6, 6.07) is 7.99. The number of carbonyl (C=O) groups excluding carboxylic acids is 1. The summed E-state index contributed by atoms with van der Waals surface area (Å²) < 4.78 is 5.81. The number of nitrogens with one attached hydrogen (secondary N) is 2. The molecule has 2 heterocycles. The van der Waals surface area contributed by atoms with Gasteiger partial charge in [-0.05, 0) is 31.0 Å². The minimum atomic E-state index is -0.0958. The van der Waals surface area contributed by atoms with Crippen LogP contribution in [0.2, 0.25) is 5.02 Å². The Morgan fingerprint density at radius 3 is 2.91 bits per heavy atom. The van der Waals surface area contributed by atoms with Gasteiger partial charge in [-0.15, -0.1) is 0 Å². The second-order valence-corrected chi connectivity index (χ2v) is 6.43. The van der Waals surface area contributed by atoms with Crippen LogP contribution in [0.3, 0.4) is 0 Å². The number of carbonyl (C=O) groups is 1. The second-order valence-electron chi connectivity index (χ2n) is 5.99. The zero-order valence-electron chi connectivity index (χ0n) is 12.7. The van der Waals surface area contributed by atoms with E-state index in [0.717, 1.165) is 31.6 Å². The van der Waals surface area contributed by atoms with E-state index < -0.39 is 0 Å². The summed E-state index contributed by atoms with van der Waals surface area (Å²) in [7, 11) is 0. The summed E-state index contributed by atoms with van der Waals surface area (Å²) in [5, 5.41) is 7.18. The van der Waals surface area contributed by atoms with Gasteiger partial charge in [0, 0.05) is 37.3 Å². The zero-order valence-corrected chi connectivity index (χ0v) is 13.5. The molecule has 3 rings (SSSR count). The van der Waals surface area contributed by atoms with Crippen LogP contribution >= 0.6 is 11.6 Å². The van der Waals surface area contributed by atoms with Crippen molar-refractivity contribution in [2.75, 3.05) is 26.2 Å². The summed E-state index contributed by atoms with van der Waals surface area (Å²) in [4.78, 5) is 14.3. The van der Waals surface area contributed by atoms with Crippen molar-refractivity contribution in [2.24, 2.45) is 0 Å². The fraction of sp³-hybridized carbons (Fsp3) is 0.562. The number of halogens is 1. The molecule has 2 N–H and O–H groups in total. The lowest BCUT2D eigenvalue weighted by molar-refractivity contribution is 0.0973. The van der Waals surface area contributed by atoms with Crippen LogP contribution in [0.4, 0.5) is 4.79 Å². The topological polar surface area (TPSA) is 53.6 Å². The van der Waals surface area contributed by atoms with Crippen molar-refractivity contribution >= 4 is 17.6 Å². The number of hydrogen-bond donors (Lipinski definition) is 2. The van der Waals surface area contributed by atoms with Gasteiger partial charge in [0.1, 0.15) is 6.10 Å². The first kappa shape index (κ1) is 15.6. The lowest BCUT2D eigenvalue weighted by Gasteiger charge is -2.33. The Labute approximate surface area is 136 Å². The molecule has 1 aromatic rings. The van der Waals surface area contributed by atoms with E-state index in [1.807, 2.05) is 29.2 Å². The van der Waals surface area contributed by atoms with Gasteiger partial charge < -0.3 is 20.3 Å². The van der Waals surface area contributed by atoms with Crippen molar-refractivity contribution < 1.29 is 9.53 Å². The van der Waals surface area contributed by atoms with Crippen molar-refractivity contribution in [2.45, 2.75) is 31.5 Å². The van der Waals surface area contributed by atoms with E-state index in [4.69, 9.17) is 16.3 Å². The highest BCUT2D eigenvalue weighted by Crippen LogP contribution is 2.30. The molecule has 2 amide bonds. The van der Waals surface area contributed by atoms with E-state index in [1.165, 1.54) is 0 Å². The third-order valence-electron chi connectivity index (χ3n) is 4.26. The van der Waals surface area contributed by atoms with E-state index in [-0.39, 0.29) is 18.2 Å². The predicted molar refractivity (Wildman–Crippen MR) is 86.1 cm³/mol. The van der Waals surface area contributed by atoms with Gasteiger partial charge in [-0.2, -0.15) is 0 Å². The molecule has 2 aliphatic rings. The minimum absolute atomic E-state index is 0.00261. The first-order chi connectivity index (χ1) is 10.6. The molecule has 0 spiro atoms. The summed E-state index contributed by atoms with van der Waals surface area (Å²) in [6.45, 7) is 5.08. The number of nitrogens with zero attached hydrogens (tertiary/aromatic N) is 1. The normalized spacial score (nSPS) is 28.6. The van der Waals surface area contributed by atoms with E-state index in [1.54, 1.807) is 0 Å². The van der Waals surface area contributed by atoms with Crippen molar-refractivity contribution in [1.82, 2.24) is 15.5 Å². The average Bonchev–Trinajstić information content (AvgIpc) is 2.96.